The van der Waals surface area contributed by atoms with Gasteiger partial charge in [-0.05, 0) is 75.3 Å². The van der Waals surface area contributed by atoms with Gasteiger partial charge in [-0.1, -0.05) is 29.8 Å². The first-order valence-electron chi connectivity index (χ1n) is 11.7. The van der Waals surface area contributed by atoms with Gasteiger partial charge < -0.3 is 9.64 Å². The summed E-state index contributed by atoms with van der Waals surface area (Å²) < 4.78 is 33.7. The number of aryl methyl sites for hydroxylation is 3. The molecule has 0 aromatic heterocycles. The maximum Gasteiger partial charge on any atom is 0.243 e. The summed E-state index contributed by atoms with van der Waals surface area (Å²) in [5.41, 5.74) is 3.72. The number of benzene rings is 2. The van der Waals surface area contributed by atoms with Crippen LogP contribution in [0.15, 0.2) is 41.3 Å². The third-order valence-electron chi connectivity index (χ3n) is 7.02. The van der Waals surface area contributed by atoms with Crippen LogP contribution in [0.1, 0.15) is 54.0 Å². The van der Waals surface area contributed by atoms with Gasteiger partial charge in [0.2, 0.25) is 15.9 Å². The van der Waals surface area contributed by atoms with Crippen LogP contribution < -0.4 is 4.74 Å². The highest BCUT2D eigenvalue weighted by Gasteiger charge is 2.38. The lowest BCUT2D eigenvalue weighted by Gasteiger charge is -2.35. The molecule has 0 spiro atoms. The number of piperidine rings is 1. The summed E-state index contributed by atoms with van der Waals surface area (Å²) in [4.78, 5) is 15.8. The molecular weight excluding hydrogens is 436 g/mol. The zero-order valence-electron chi connectivity index (χ0n) is 20.0. The highest BCUT2D eigenvalue weighted by Crippen LogP contribution is 2.36. The van der Waals surface area contributed by atoms with Crippen molar-refractivity contribution in [1.82, 2.24) is 9.21 Å². The van der Waals surface area contributed by atoms with Gasteiger partial charge in [0.15, 0.2) is 0 Å². The van der Waals surface area contributed by atoms with Gasteiger partial charge in [0, 0.05) is 25.6 Å². The monoisotopic (exact) mass is 470 g/mol. The summed E-state index contributed by atoms with van der Waals surface area (Å²) in [6, 6.07) is 11.8. The summed E-state index contributed by atoms with van der Waals surface area (Å²) in [7, 11) is -1.92. The van der Waals surface area contributed by atoms with Crippen LogP contribution in [0.4, 0.5) is 0 Å². The van der Waals surface area contributed by atoms with Crippen molar-refractivity contribution < 1.29 is 17.9 Å². The molecule has 1 atom stereocenters. The Bertz CT molecular complexity index is 1110. The van der Waals surface area contributed by atoms with Gasteiger partial charge in [0.25, 0.3) is 0 Å². The fourth-order valence-corrected chi connectivity index (χ4v) is 7.39. The first-order valence-corrected chi connectivity index (χ1v) is 13.2. The summed E-state index contributed by atoms with van der Waals surface area (Å²) >= 11 is 0. The predicted molar refractivity (Wildman–Crippen MR) is 129 cm³/mol. The van der Waals surface area contributed by atoms with Gasteiger partial charge >= 0.3 is 0 Å². The van der Waals surface area contributed by atoms with E-state index in [0.29, 0.717) is 30.8 Å². The first kappa shape index (κ1) is 23.8. The van der Waals surface area contributed by atoms with E-state index in [-0.39, 0.29) is 17.9 Å². The average Bonchev–Trinajstić information content (AvgIpc) is 3.28. The maximum absolute atomic E-state index is 13.4. The second-order valence-electron chi connectivity index (χ2n) is 9.37. The van der Waals surface area contributed by atoms with Crippen LogP contribution in [0.3, 0.4) is 0 Å². The van der Waals surface area contributed by atoms with Crippen molar-refractivity contribution in [3.05, 3.63) is 58.7 Å². The summed E-state index contributed by atoms with van der Waals surface area (Å²) in [5.74, 6) is 0.815. The second kappa shape index (κ2) is 9.47. The van der Waals surface area contributed by atoms with Gasteiger partial charge in [-0.3, -0.25) is 4.79 Å². The van der Waals surface area contributed by atoms with Crippen molar-refractivity contribution in [2.45, 2.75) is 57.4 Å². The Morgan fingerprint density at radius 1 is 0.970 bits per heavy atom. The Morgan fingerprint density at radius 3 is 2.27 bits per heavy atom. The van der Waals surface area contributed by atoms with Crippen molar-refractivity contribution >= 4 is 15.9 Å². The number of ether oxygens (including phenoxy) is 1. The van der Waals surface area contributed by atoms with Crippen LogP contribution in [-0.4, -0.2) is 50.3 Å². The zero-order valence-corrected chi connectivity index (χ0v) is 20.8. The van der Waals surface area contributed by atoms with Gasteiger partial charge in [-0.15, -0.1) is 0 Å². The normalized spacial score (nSPS) is 20.2. The number of carbonyl (C=O) groups is 1. The van der Waals surface area contributed by atoms with E-state index in [1.165, 1.54) is 0 Å². The van der Waals surface area contributed by atoms with Crippen LogP contribution in [0, 0.1) is 26.7 Å². The molecule has 2 aromatic rings. The van der Waals surface area contributed by atoms with Crippen LogP contribution in [0.5, 0.6) is 5.75 Å². The molecule has 0 bridgehead atoms. The Labute approximate surface area is 197 Å². The predicted octanol–water partition coefficient (Wildman–Crippen LogP) is 4.38. The van der Waals surface area contributed by atoms with E-state index in [0.717, 1.165) is 47.4 Å². The molecule has 0 saturated carbocycles. The first-order chi connectivity index (χ1) is 15.7. The number of methoxy groups -OCH3 is 1. The molecule has 2 aliphatic rings. The number of nitrogens with zero attached hydrogens (tertiary/aromatic N) is 2. The van der Waals surface area contributed by atoms with Crippen LogP contribution in [-0.2, 0) is 14.8 Å². The highest BCUT2D eigenvalue weighted by molar-refractivity contribution is 7.89. The third-order valence-corrected chi connectivity index (χ3v) is 9.22. The Morgan fingerprint density at radius 2 is 1.64 bits per heavy atom. The maximum atomic E-state index is 13.4. The minimum Gasteiger partial charge on any atom is -0.497 e. The SMILES string of the molecule is COc1cccc([C@H]2CCCN2C(=O)C2CCN(S(=O)(=O)c3c(C)cc(C)cc3C)CC2)c1. The topological polar surface area (TPSA) is 66.9 Å². The highest BCUT2D eigenvalue weighted by atomic mass is 32.2. The van der Waals surface area contributed by atoms with E-state index in [9.17, 15) is 13.2 Å². The average molecular weight is 471 g/mol. The van der Waals surface area contributed by atoms with Gasteiger partial charge in [0.05, 0.1) is 18.0 Å². The molecular formula is C26H34N2O4S. The smallest absolute Gasteiger partial charge is 0.243 e. The standard InChI is InChI=1S/C26H34N2O4S/c1-18-15-19(2)25(20(3)16-18)33(30,31)27-13-10-21(11-14-27)26(29)28-12-6-9-24(28)22-7-5-8-23(17-22)32-4/h5,7-8,15-17,21,24H,6,9-14H2,1-4H3/t24-/m1/s1. The Kier molecular flexibility index (Phi) is 6.82. The number of hydrogen-bond donors (Lipinski definition) is 0. The number of likely N-dealkylation sites (tertiary alicyclic amines) is 1. The molecule has 0 radical (unpaired) electrons. The molecule has 178 valence electrons. The van der Waals surface area contributed by atoms with Crippen LogP contribution in [0.25, 0.3) is 0 Å². The van der Waals surface area contributed by atoms with E-state index in [2.05, 4.69) is 6.07 Å². The van der Waals surface area contributed by atoms with Gasteiger partial charge in [-0.2, -0.15) is 4.31 Å². The van der Waals surface area contributed by atoms with Gasteiger partial charge in [0.1, 0.15) is 5.75 Å². The molecule has 7 heteroatoms. The molecule has 2 saturated heterocycles. The Hall–Kier alpha value is -2.38. The largest absolute Gasteiger partial charge is 0.497 e. The second-order valence-corrected chi connectivity index (χ2v) is 11.2. The van der Waals surface area contributed by atoms with Crippen LogP contribution >= 0.6 is 0 Å². The number of sulfonamides is 1. The lowest BCUT2D eigenvalue weighted by molar-refractivity contribution is -0.137. The molecule has 33 heavy (non-hydrogen) atoms. The molecule has 1 amide bonds. The molecule has 2 aliphatic heterocycles. The molecule has 6 nitrogen and oxygen atoms in total. The fraction of sp³-hybridized carbons (Fsp3) is 0.500. The van der Waals surface area contributed by atoms with Crippen molar-refractivity contribution in [3.63, 3.8) is 0 Å². The molecule has 0 unspecified atom stereocenters. The summed E-state index contributed by atoms with van der Waals surface area (Å²) in [5, 5.41) is 0. The number of hydrogen-bond acceptors (Lipinski definition) is 4. The van der Waals surface area contributed by atoms with Crippen LogP contribution in [0.2, 0.25) is 0 Å². The molecule has 2 fully saturated rings. The van der Waals surface area contributed by atoms with Crippen molar-refractivity contribution in [3.8, 4) is 5.75 Å². The Balaban J connectivity index is 1.46. The van der Waals surface area contributed by atoms with E-state index in [1.807, 2.05) is 56.0 Å². The summed E-state index contributed by atoms with van der Waals surface area (Å²) in [6.07, 6.45) is 3.04. The lowest BCUT2D eigenvalue weighted by Crippen LogP contribution is -2.44. The van der Waals surface area contributed by atoms with Gasteiger partial charge in [-0.25, -0.2) is 8.42 Å². The van der Waals surface area contributed by atoms with Crippen molar-refractivity contribution in [2.24, 2.45) is 5.92 Å². The number of carbonyl (C=O) groups excluding carboxylic acids is 1. The minimum atomic E-state index is -3.58. The fourth-order valence-electron chi connectivity index (χ4n) is 5.51. The van der Waals surface area contributed by atoms with Crippen molar-refractivity contribution in [1.29, 1.82) is 0 Å². The minimum absolute atomic E-state index is 0.0622. The zero-order chi connectivity index (χ0) is 23.8. The summed E-state index contributed by atoms with van der Waals surface area (Å²) in [6.45, 7) is 7.20. The van der Waals surface area contributed by atoms with E-state index < -0.39 is 10.0 Å². The van der Waals surface area contributed by atoms with E-state index in [1.54, 1.807) is 11.4 Å². The number of amides is 1. The molecule has 2 aromatic carbocycles. The molecule has 0 aliphatic carbocycles. The van der Waals surface area contributed by atoms with Crippen molar-refractivity contribution in [2.75, 3.05) is 26.7 Å². The van der Waals surface area contributed by atoms with E-state index in [4.69, 9.17) is 4.74 Å². The molecule has 0 N–H and O–H groups in total. The lowest BCUT2D eigenvalue weighted by atomic mass is 9.95. The van der Waals surface area contributed by atoms with E-state index >= 15 is 0 Å². The molecule has 4 rings (SSSR count). The molecule has 2 heterocycles. The third kappa shape index (κ3) is 4.66. The quantitative estimate of drug-likeness (QED) is 0.650. The number of rotatable bonds is 5.